The van der Waals surface area contributed by atoms with Crippen molar-refractivity contribution >= 4 is 41.0 Å². The second-order valence-electron chi connectivity index (χ2n) is 10.6. The van der Waals surface area contributed by atoms with E-state index in [1.807, 2.05) is 6.07 Å². The van der Waals surface area contributed by atoms with Crippen molar-refractivity contribution in [1.29, 1.82) is 0 Å². The van der Waals surface area contributed by atoms with Gasteiger partial charge in [0.05, 0.1) is 18.5 Å². The molecule has 3 heterocycles. The average molecular weight is 499 g/mol. The molecule has 4 aliphatic rings. The highest BCUT2D eigenvalue weighted by Crippen LogP contribution is 2.50. The van der Waals surface area contributed by atoms with Gasteiger partial charge in [0.1, 0.15) is 17.4 Å². The van der Waals surface area contributed by atoms with Crippen LogP contribution in [-0.4, -0.2) is 50.2 Å². The molecule has 3 N–H and O–H groups in total. The molecule has 3 aliphatic carbocycles. The van der Waals surface area contributed by atoms with Gasteiger partial charge in [-0.15, -0.1) is 0 Å². The summed E-state index contributed by atoms with van der Waals surface area (Å²) in [4.78, 5) is 40.5. The Balaban J connectivity index is 1.17. The Hall–Kier alpha value is -3.37. The van der Waals surface area contributed by atoms with Crippen LogP contribution in [-0.2, 0) is 14.4 Å². The van der Waals surface area contributed by atoms with Gasteiger partial charge in [0, 0.05) is 42.1 Å². The highest BCUT2D eigenvalue weighted by atomic mass is 19.3. The fourth-order valence-electron chi connectivity index (χ4n) is 5.21. The van der Waals surface area contributed by atoms with Crippen molar-refractivity contribution in [3.05, 3.63) is 23.4 Å². The molecule has 2 amide bonds. The van der Waals surface area contributed by atoms with Crippen molar-refractivity contribution in [2.24, 2.45) is 11.8 Å². The maximum Gasteiger partial charge on any atom is 0.258 e. The van der Waals surface area contributed by atoms with Crippen molar-refractivity contribution in [2.75, 3.05) is 10.6 Å². The number of hydrogen-bond acceptors (Lipinski definition) is 7. The van der Waals surface area contributed by atoms with Crippen LogP contribution in [0.25, 0.3) is 11.7 Å². The molecule has 2 aromatic rings. The molecule has 190 valence electrons. The fraction of sp³-hybridized carbons (Fsp3) is 0.560. The maximum absolute atomic E-state index is 13.2. The van der Waals surface area contributed by atoms with Crippen LogP contribution < -0.4 is 16.0 Å². The van der Waals surface area contributed by atoms with Gasteiger partial charge in [-0.1, -0.05) is 0 Å². The Morgan fingerprint density at radius 2 is 1.83 bits per heavy atom. The molecule has 0 bridgehead atoms. The van der Waals surface area contributed by atoms with E-state index in [4.69, 9.17) is 4.98 Å². The number of Topliss-reactive ketones (excluding diaryl/α,β-unsaturated/α-hetero) is 1. The summed E-state index contributed by atoms with van der Waals surface area (Å²) in [6.45, 7) is 0. The van der Waals surface area contributed by atoms with Crippen molar-refractivity contribution in [1.82, 2.24) is 19.9 Å². The zero-order valence-corrected chi connectivity index (χ0v) is 19.7. The molecule has 2 aromatic heterocycles. The predicted octanol–water partition coefficient (Wildman–Crippen LogP) is 3.32. The number of anilines is 2. The van der Waals surface area contributed by atoms with Crippen LogP contribution in [0, 0.1) is 11.8 Å². The molecule has 0 spiro atoms. The molecule has 0 aromatic carbocycles. The second kappa shape index (κ2) is 8.63. The van der Waals surface area contributed by atoms with E-state index in [1.165, 1.54) is 0 Å². The predicted molar refractivity (Wildman–Crippen MR) is 127 cm³/mol. The normalized spacial score (nSPS) is 28.4. The molecule has 1 atom stereocenters. The van der Waals surface area contributed by atoms with E-state index in [0.29, 0.717) is 28.6 Å². The number of ketones is 1. The minimum absolute atomic E-state index is 0.0332. The van der Waals surface area contributed by atoms with Gasteiger partial charge >= 0.3 is 0 Å². The number of rotatable bonds is 8. The number of imide groups is 1. The monoisotopic (exact) mass is 498 g/mol. The van der Waals surface area contributed by atoms with Crippen molar-refractivity contribution in [3.63, 3.8) is 0 Å². The van der Waals surface area contributed by atoms with E-state index in [1.54, 1.807) is 16.8 Å². The third kappa shape index (κ3) is 4.70. The van der Waals surface area contributed by atoms with Crippen molar-refractivity contribution in [2.45, 2.75) is 75.8 Å². The number of halogens is 2. The second-order valence-corrected chi connectivity index (χ2v) is 10.6. The fourth-order valence-corrected chi connectivity index (χ4v) is 5.21. The van der Waals surface area contributed by atoms with Crippen LogP contribution in [0.4, 0.5) is 20.4 Å². The van der Waals surface area contributed by atoms with Gasteiger partial charge in [0.15, 0.2) is 5.65 Å². The zero-order valence-electron chi connectivity index (χ0n) is 19.7. The Kier molecular flexibility index (Phi) is 5.53. The molecular formula is C25H28F2N6O3. The minimum atomic E-state index is -2.79. The summed E-state index contributed by atoms with van der Waals surface area (Å²) in [5, 5.41) is 13.7. The molecule has 9 nitrogen and oxygen atoms in total. The molecule has 11 heteroatoms. The highest BCUT2D eigenvalue weighted by molar-refractivity contribution is 6.15. The van der Waals surface area contributed by atoms with E-state index >= 15 is 0 Å². The standard InChI is InChI=1S/C25H28F2N6O3/c26-25(27)11-18(25)19(34)7-13-1-3-16(4-2-13)29-20-10-21(30-17-5-6-17)33-23(31-20)15(12-28-33)8-14-9-22(35)32-24(14)36/h8,10,12-13,16-18,30H,1-7,9,11H2,(H,29,31)(H,32,35,36)/b14-8+. The van der Waals surface area contributed by atoms with Crippen molar-refractivity contribution < 1.29 is 23.2 Å². The lowest BCUT2D eigenvalue weighted by Crippen LogP contribution is -2.28. The summed E-state index contributed by atoms with van der Waals surface area (Å²) in [7, 11) is 0. The van der Waals surface area contributed by atoms with Gasteiger partial charge in [0.2, 0.25) is 5.91 Å². The van der Waals surface area contributed by atoms with Gasteiger partial charge in [-0.2, -0.15) is 9.61 Å². The van der Waals surface area contributed by atoms with Crippen LogP contribution in [0.1, 0.15) is 63.4 Å². The molecule has 4 fully saturated rings. The van der Waals surface area contributed by atoms with Gasteiger partial charge in [-0.3, -0.25) is 19.7 Å². The lowest BCUT2D eigenvalue weighted by molar-refractivity contribution is -0.125. The number of hydrogen-bond donors (Lipinski definition) is 3. The quantitative estimate of drug-likeness (QED) is 0.378. The lowest BCUT2D eigenvalue weighted by Gasteiger charge is -2.29. The Labute approximate surface area is 206 Å². The number of aromatic nitrogens is 3. The zero-order chi connectivity index (χ0) is 25.0. The largest absolute Gasteiger partial charge is 0.367 e. The number of nitrogens with zero attached hydrogens (tertiary/aromatic N) is 3. The van der Waals surface area contributed by atoms with Crippen LogP contribution in [0.3, 0.4) is 0 Å². The number of alkyl halides is 2. The van der Waals surface area contributed by atoms with Crippen LogP contribution in [0.15, 0.2) is 17.8 Å². The summed E-state index contributed by atoms with van der Waals surface area (Å²) in [6, 6.07) is 2.47. The summed E-state index contributed by atoms with van der Waals surface area (Å²) < 4.78 is 28.1. The number of amides is 2. The maximum atomic E-state index is 13.2. The van der Waals surface area contributed by atoms with Crippen LogP contribution in [0.5, 0.6) is 0 Å². The Morgan fingerprint density at radius 3 is 2.47 bits per heavy atom. The van der Waals surface area contributed by atoms with E-state index in [2.05, 4.69) is 21.0 Å². The number of fused-ring (bicyclic) bond motifs is 1. The summed E-state index contributed by atoms with van der Waals surface area (Å²) in [5.41, 5.74) is 1.60. The first-order chi connectivity index (χ1) is 17.2. The lowest BCUT2D eigenvalue weighted by atomic mass is 9.82. The van der Waals surface area contributed by atoms with E-state index in [0.717, 1.165) is 44.3 Å². The summed E-state index contributed by atoms with van der Waals surface area (Å²) in [6.07, 6.45) is 8.74. The molecule has 1 aliphatic heterocycles. The number of nitrogens with one attached hydrogen (secondary N) is 3. The minimum Gasteiger partial charge on any atom is -0.367 e. The first-order valence-corrected chi connectivity index (χ1v) is 12.6. The van der Waals surface area contributed by atoms with Crippen molar-refractivity contribution in [3.8, 4) is 0 Å². The van der Waals surface area contributed by atoms with Gasteiger partial charge in [-0.25, -0.2) is 13.8 Å². The molecule has 3 saturated carbocycles. The molecule has 1 saturated heterocycles. The third-order valence-electron chi connectivity index (χ3n) is 7.56. The topological polar surface area (TPSA) is 117 Å². The van der Waals surface area contributed by atoms with Crippen LogP contribution >= 0.6 is 0 Å². The molecule has 0 radical (unpaired) electrons. The molecule has 36 heavy (non-hydrogen) atoms. The van der Waals surface area contributed by atoms with Gasteiger partial charge in [-0.05, 0) is 50.5 Å². The smallest absolute Gasteiger partial charge is 0.258 e. The average Bonchev–Trinajstić information content (AvgIpc) is 3.68. The summed E-state index contributed by atoms with van der Waals surface area (Å²) in [5.74, 6) is -3.23. The Morgan fingerprint density at radius 1 is 1.14 bits per heavy atom. The summed E-state index contributed by atoms with van der Waals surface area (Å²) >= 11 is 0. The molecular weight excluding hydrogens is 470 g/mol. The van der Waals surface area contributed by atoms with E-state index in [-0.39, 0.29) is 42.9 Å². The van der Waals surface area contributed by atoms with Crippen LogP contribution in [0.2, 0.25) is 0 Å². The molecule has 6 rings (SSSR count). The van der Waals surface area contributed by atoms with Gasteiger partial charge < -0.3 is 10.6 Å². The highest BCUT2D eigenvalue weighted by Gasteiger charge is 2.60. The number of carbonyl (C=O) groups is 3. The first kappa shape index (κ1) is 23.1. The third-order valence-corrected chi connectivity index (χ3v) is 7.56. The first-order valence-electron chi connectivity index (χ1n) is 12.6. The van der Waals surface area contributed by atoms with E-state index in [9.17, 15) is 23.2 Å². The Bertz CT molecular complexity index is 1280. The number of carbonyl (C=O) groups excluding carboxylic acids is 3. The molecule has 1 unspecified atom stereocenters. The SMILES string of the molecule is O=C1C/C(=C\c2cnn3c(NC4CC4)cc(NC4CCC(CC(=O)C5CC5(F)F)CC4)nc23)C(=O)N1. The van der Waals surface area contributed by atoms with E-state index < -0.39 is 17.7 Å². The van der Waals surface area contributed by atoms with Gasteiger partial charge in [0.25, 0.3) is 11.8 Å².